The number of piperidine rings is 1. The number of hydrogen-bond acceptors (Lipinski definition) is 5. The monoisotopic (exact) mass is 376 g/mol. The minimum absolute atomic E-state index is 0.0532. The lowest BCUT2D eigenvalue weighted by Gasteiger charge is -2.35. The van der Waals surface area contributed by atoms with Crippen LogP contribution < -0.4 is 0 Å². The van der Waals surface area contributed by atoms with Gasteiger partial charge < -0.3 is 14.7 Å². The molecule has 8 heteroatoms. The zero-order valence-corrected chi connectivity index (χ0v) is 15.5. The molecule has 146 valence electrons. The number of carboxylic acid groups (broad SMARTS) is 1. The van der Waals surface area contributed by atoms with E-state index in [1.807, 2.05) is 0 Å². The van der Waals surface area contributed by atoms with Gasteiger partial charge >= 0.3 is 5.97 Å². The van der Waals surface area contributed by atoms with E-state index in [0.717, 1.165) is 5.56 Å². The summed E-state index contributed by atoms with van der Waals surface area (Å²) in [7, 11) is 0. The molecule has 1 aromatic carbocycles. The molecule has 2 aliphatic heterocycles. The fourth-order valence-corrected chi connectivity index (χ4v) is 4.21. The number of hydrogen-bond donors (Lipinski definition) is 1. The highest BCUT2D eigenvalue weighted by Gasteiger charge is 2.41. The van der Waals surface area contributed by atoms with Crippen molar-refractivity contribution in [3.8, 4) is 0 Å². The number of ether oxygens (including phenoxy) is 1. The molecule has 2 atom stereocenters. The quantitative estimate of drug-likeness (QED) is 0.639. The van der Waals surface area contributed by atoms with Crippen molar-refractivity contribution in [2.24, 2.45) is 11.8 Å². The van der Waals surface area contributed by atoms with E-state index in [4.69, 9.17) is 4.74 Å². The molecule has 1 amide bonds. The molecule has 1 unspecified atom stereocenters. The third kappa shape index (κ3) is 3.80. The summed E-state index contributed by atoms with van der Waals surface area (Å²) in [5.41, 5.74) is 1.55. The molecule has 0 aliphatic carbocycles. The van der Waals surface area contributed by atoms with Crippen LogP contribution in [0.4, 0.5) is 5.69 Å². The number of rotatable bonds is 4. The summed E-state index contributed by atoms with van der Waals surface area (Å²) in [6.07, 6.45) is 1.59. The summed E-state index contributed by atoms with van der Waals surface area (Å²) in [4.78, 5) is 36.7. The maximum Gasteiger partial charge on any atom is 0.309 e. The van der Waals surface area contributed by atoms with E-state index in [1.54, 1.807) is 24.8 Å². The molecule has 8 nitrogen and oxygen atoms in total. The molecule has 3 rings (SSSR count). The van der Waals surface area contributed by atoms with E-state index < -0.39 is 16.8 Å². The number of aryl methyl sites for hydroxylation is 2. The van der Waals surface area contributed by atoms with Gasteiger partial charge in [0, 0.05) is 36.9 Å². The Morgan fingerprint density at radius 3 is 2.44 bits per heavy atom. The normalized spacial score (nSPS) is 23.4. The van der Waals surface area contributed by atoms with Gasteiger partial charge in [-0.05, 0) is 50.7 Å². The van der Waals surface area contributed by atoms with Gasteiger partial charge in [-0.2, -0.15) is 0 Å². The number of likely N-dealkylation sites (tertiary alicyclic amines) is 1. The first kappa shape index (κ1) is 19.3. The van der Waals surface area contributed by atoms with Crippen molar-refractivity contribution >= 4 is 17.6 Å². The first-order valence-electron chi connectivity index (χ1n) is 9.19. The van der Waals surface area contributed by atoms with Crippen LogP contribution in [-0.2, 0) is 9.53 Å². The van der Waals surface area contributed by atoms with Crippen LogP contribution in [0.5, 0.6) is 0 Å². The average Bonchev–Trinajstić information content (AvgIpc) is 3.11. The highest BCUT2D eigenvalue weighted by atomic mass is 16.6. The SMILES string of the molecule is Cc1cc(C)c([N+](=O)[O-])cc1C(=O)N1CCC([C@@H]2OCCC2C(=O)O)CC1. The number of amides is 1. The zero-order chi connectivity index (χ0) is 19.7. The second-order valence-electron chi connectivity index (χ2n) is 7.41. The number of nitro benzene ring substituents is 1. The van der Waals surface area contributed by atoms with E-state index in [1.165, 1.54) is 6.07 Å². The van der Waals surface area contributed by atoms with Crippen LogP contribution in [0.25, 0.3) is 0 Å². The van der Waals surface area contributed by atoms with Crippen molar-refractivity contribution in [2.75, 3.05) is 19.7 Å². The van der Waals surface area contributed by atoms with Crippen LogP contribution in [0.15, 0.2) is 12.1 Å². The minimum Gasteiger partial charge on any atom is -0.481 e. The number of nitrogens with zero attached hydrogens (tertiary/aromatic N) is 2. The summed E-state index contributed by atoms with van der Waals surface area (Å²) in [6.45, 7) is 4.90. The molecular weight excluding hydrogens is 352 g/mol. The van der Waals surface area contributed by atoms with Gasteiger partial charge in [-0.3, -0.25) is 19.7 Å². The van der Waals surface area contributed by atoms with Crippen LogP contribution >= 0.6 is 0 Å². The molecule has 0 radical (unpaired) electrons. The van der Waals surface area contributed by atoms with Crippen molar-refractivity contribution in [3.63, 3.8) is 0 Å². The molecule has 0 saturated carbocycles. The second-order valence-corrected chi connectivity index (χ2v) is 7.41. The van der Waals surface area contributed by atoms with Gasteiger partial charge in [0.2, 0.25) is 0 Å². The Balaban J connectivity index is 1.70. The molecular formula is C19H24N2O6. The van der Waals surface area contributed by atoms with Crippen molar-refractivity contribution in [2.45, 2.75) is 39.2 Å². The highest BCUT2D eigenvalue weighted by Crippen LogP contribution is 2.34. The van der Waals surface area contributed by atoms with Crippen LogP contribution in [0.3, 0.4) is 0 Å². The van der Waals surface area contributed by atoms with Gasteiger partial charge in [0.1, 0.15) is 0 Å². The number of carbonyl (C=O) groups excluding carboxylic acids is 1. The van der Waals surface area contributed by atoms with Crippen molar-refractivity contribution < 1.29 is 24.4 Å². The topological polar surface area (TPSA) is 110 Å². The Morgan fingerprint density at radius 2 is 1.85 bits per heavy atom. The fraction of sp³-hybridized carbons (Fsp3) is 0.579. The molecule has 2 heterocycles. The van der Waals surface area contributed by atoms with Crippen LogP contribution in [-0.4, -0.2) is 52.6 Å². The van der Waals surface area contributed by atoms with Gasteiger partial charge in [-0.15, -0.1) is 0 Å². The standard InChI is InChI=1S/C19H24N2O6/c1-11-9-12(2)16(21(25)26)10-15(11)18(22)20-6-3-13(4-7-20)17-14(19(23)24)5-8-27-17/h9-10,13-14,17H,3-8H2,1-2H3,(H,23,24)/t14?,17-/m0/s1. The number of aliphatic carboxylic acids is 1. The maximum absolute atomic E-state index is 12.9. The number of carbonyl (C=O) groups is 2. The Labute approximate surface area is 157 Å². The first-order chi connectivity index (χ1) is 12.8. The molecule has 0 bridgehead atoms. The van der Waals surface area contributed by atoms with Gasteiger partial charge in [-0.1, -0.05) is 0 Å². The fourth-order valence-electron chi connectivity index (χ4n) is 4.21. The molecule has 0 aromatic heterocycles. The summed E-state index contributed by atoms with van der Waals surface area (Å²) in [6, 6.07) is 3.03. The van der Waals surface area contributed by atoms with Gasteiger partial charge in [0.05, 0.1) is 16.9 Å². The summed E-state index contributed by atoms with van der Waals surface area (Å²) in [5, 5.41) is 20.5. The summed E-state index contributed by atoms with van der Waals surface area (Å²) >= 11 is 0. The highest BCUT2D eigenvalue weighted by molar-refractivity contribution is 5.96. The van der Waals surface area contributed by atoms with Crippen LogP contribution in [0.2, 0.25) is 0 Å². The lowest BCUT2D eigenvalue weighted by molar-refractivity contribution is -0.385. The number of nitro groups is 1. The minimum atomic E-state index is -0.821. The van der Waals surface area contributed by atoms with Crippen molar-refractivity contribution in [3.05, 3.63) is 38.9 Å². The molecule has 0 spiro atoms. The maximum atomic E-state index is 12.9. The van der Waals surface area contributed by atoms with Crippen molar-refractivity contribution in [1.82, 2.24) is 4.90 Å². The Hall–Kier alpha value is -2.48. The second kappa shape index (κ2) is 7.64. The smallest absolute Gasteiger partial charge is 0.309 e. The summed E-state index contributed by atoms with van der Waals surface area (Å²) in [5.74, 6) is -1.39. The molecule has 2 fully saturated rings. The predicted molar refractivity (Wildman–Crippen MR) is 96.7 cm³/mol. The van der Waals surface area contributed by atoms with E-state index in [0.29, 0.717) is 50.1 Å². The van der Waals surface area contributed by atoms with E-state index in [9.17, 15) is 24.8 Å². The third-order valence-corrected chi connectivity index (χ3v) is 5.71. The van der Waals surface area contributed by atoms with Gasteiger partial charge in [0.25, 0.3) is 11.6 Å². The zero-order valence-electron chi connectivity index (χ0n) is 15.5. The Morgan fingerprint density at radius 1 is 1.19 bits per heavy atom. The first-order valence-corrected chi connectivity index (χ1v) is 9.19. The molecule has 2 aliphatic rings. The lowest BCUT2D eigenvalue weighted by Crippen LogP contribution is -2.43. The van der Waals surface area contributed by atoms with Crippen LogP contribution in [0, 0.1) is 35.8 Å². The number of carboxylic acids is 1. The Kier molecular flexibility index (Phi) is 5.46. The average molecular weight is 376 g/mol. The van der Waals surface area contributed by atoms with E-state index in [2.05, 4.69) is 0 Å². The summed E-state index contributed by atoms with van der Waals surface area (Å²) < 4.78 is 5.66. The third-order valence-electron chi connectivity index (χ3n) is 5.71. The Bertz CT molecular complexity index is 770. The van der Waals surface area contributed by atoms with Crippen LogP contribution in [0.1, 0.15) is 40.7 Å². The lowest BCUT2D eigenvalue weighted by atomic mass is 9.84. The number of benzene rings is 1. The molecule has 2 saturated heterocycles. The molecule has 1 aromatic rings. The van der Waals surface area contributed by atoms with Crippen molar-refractivity contribution in [1.29, 1.82) is 0 Å². The predicted octanol–water partition coefficient (Wildman–Crippen LogP) is 2.55. The molecule has 27 heavy (non-hydrogen) atoms. The van der Waals surface area contributed by atoms with E-state index in [-0.39, 0.29) is 23.6 Å². The van der Waals surface area contributed by atoms with Gasteiger partial charge in [-0.25, -0.2) is 0 Å². The van der Waals surface area contributed by atoms with Gasteiger partial charge in [0.15, 0.2) is 0 Å². The largest absolute Gasteiger partial charge is 0.481 e. The van der Waals surface area contributed by atoms with E-state index >= 15 is 0 Å². The molecule has 1 N–H and O–H groups in total.